The number of likely N-dealkylation sites (tertiary alicyclic amines) is 1. The second-order valence-corrected chi connectivity index (χ2v) is 11.5. The lowest BCUT2D eigenvalue weighted by molar-refractivity contribution is -0.0526. The van der Waals surface area contributed by atoms with Crippen molar-refractivity contribution in [2.45, 2.75) is 77.0 Å². The van der Waals surface area contributed by atoms with E-state index in [-0.39, 0.29) is 16.9 Å². The van der Waals surface area contributed by atoms with Crippen molar-refractivity contribution in [3.8, 4) is 5.75 Å². The van der Waals surface area contributed by atoms with E-state index in [0.717, 1.165) is 5.56 Å². The van der Waals surface area contributed by atoms with Gasteiger partial charge in [0.15, 0.2) is 0 Å². The van der Waals surface area contributed by atoms with Gasteiger partial charge < -0.3 is 13.8 Å². The molecule has 1 heterocycles. The van der Waals surface area contributed by atoms with Crippen molar-refractivity contribution >= 4 is 16.2 Å². The number of halogens is 3. The van der Waals surface area contributed by atoms with Gasteiger partial charge in [0.05, 0.1) is 0 Å². The first-order chi connectivity index (χ1) is 13.9. The molecule has 1 aliphatic carbocycles. The van der Waals surface area contributed by atoms with Crippen LogP contribution in [0.1, 0.15) is 59.1 Å². The molecule has 10 heteroatoms. The summed E-state index contributed by atoms with van der Waals surface area (Å²) in [7, 11) is -5.76. The number of rotatable bonds is 2. The van der Waals surface area contributed by atoms with Crippen molar-refractivity contribution in [3.63, 3.8) is 0 Å². The van der Waals surface area contributed by atoms with E-state index >= 15 is 0 Å². The van der Waals surface area contributed by atoms with Crippen LogP contribution in [-0.2, 0) is 26.7 Å². The largest absolute Gasteiger partial charge is 0.534 e. The van der Waals surface area contributed by atoms with Gasteiger partial charge in [-0.25, -0.2) is 4.79 Å². The Labute approximate surface area is 180 Å². The van der Waals surface area contributed by atoms with Gasteiger partial charge in [0.2, 0.25) is 0 Å². The number of fused-ring (bicyclic) bond motifs is 4. The maximum Gasteiger partial charge on any atom is 0.534 e. The van der Waals surface area contributed by atoms with Crippen LogP contribution < -0.4 is 4.18 Å². The highest BCUT2D eigenvalue weighted by molar-refractivity contribution is 7.88. The maximum absolute atomic E-state index is 12.9. The molecule has 1 aliphatic heterocycles. The summed E-state index contributed by atoms with van der Waals surface area (Å²) in [6.45, 7) is 12.0. The number of amides is 1. The summed E-state index contributed by atoms with van der Waals surface area (Å²) in [6, 6.07) is 3.95. The molecular formula is C21H28F3NO5S. The van der Waals surface area contributed by atoms with Crippen molar-refractivity contribution in [3.05, 3.63) is 29.3 Å². The molecule has 1 fully saturated rings. The summed E-state index contributed by atoms with van der Waals surface area (Å²) in [5, 5.41) is 0. The highest BCUT2D eigenvalue weighted by Gasteiger charge is 2.57. The van der Waals surface area contributed by atoms with Gasteiger partial charge in [0, 0.05) is 18.0 Å². The third-order valence-corrected chi connectivity index (χ3v) is 7.66. The van der Waals surface area contributed by atoms with Gasteiger partial charge in [0.25, 0.3) is 0 Å². The first-order valence-electron chi connectivity index (χ1n) is 10.0. The smallest absolute Gasteiger partial charge is 0.444 e. The minimum atomic E-state index is -5.76. The standard InChI is InChI=1S/C21H28F3NO5S/c1-18(2,3)29-17(26)25-10-9-20(6)15-8-7-14(30-31(27,28)21(22,23)24)11-13(15)12-16(25)19(20,4)5/h7-8,11,16H,9-10,12H2,1-6H3/t16-,20+/m1/s1. The fraction of sp³-hybridized carbons (Fsp3) is 0.667. The second-order valence-electron chi connectivity index (χ2n) is 10.00. The van der Waals surface area contributed by atoms with E-state index in [9.17, 15) is 26.4 Å². The van der Waals surface area contributed by atoms with E-state index in [4.69, 9.17) is 4.74 Å². The van der Waals surface area contributed by atoms with Crippen molar-refractivity contribution in [2.24, 2.45) is 5.41 Å². The number of carbonyl (C=O) groups is 1. The summed E-state index contributed by atoms with van der Waals surface area (Å²) in [6.07, 6.45) is 0.535. The monoisotopic (exact) mass is 463 g/mol. The Morgan fingerprint density at radius 1 is 1.16 bits per heavy atom. The van der Waals surface area contributed by atoms with Gasteiger partial charge >= 0.3 is 21.7 Å². The van der Waals surface area contributed by atoms with Crippen LogP contribution in [0.5, 0.6) is 5.75 Å². The lowest BCUT2D eigenvalue weighted by atomic mass is 9.51. The number of hydrogen-bond donors (Lipinski definition) is 0. The van der Waals surface area contributed by atoms with Crippen molar-refractivity contribution in [2.75, 3.05) is 6.54 Å². The Balaban J connectivity index is 2.00. The molecule has 174 valence electrons. The fourth-order valence-corrected chi connectivity index (χ4v) is 5.13. The Bertz CT molecular complexity index is 997. The molecule has 0 saturated carbocycles. The van der Waals surface area contributed by atoms with Gasteiger partial charge in [-0.3, -0.25) is 0 Å². The summed E-state index contributed by atoms with van der Waals surface area (Å²) in [5.74, 6) is -0.402. The minimum Gasteiger partial charge on any atom is -0.444 e. The first kappa shape index (κ1) is 23.7. The topological polar surface area (TPSA) is 72.9 Å². The molecule has 6 nitrogen and oxygen atoms in total. The second kappa shape index (κ2) is 7.02. The van der Waals surface area contributed by atoms with Crippen LogP contribution in [0.4, 0.5) is 18.0 Å². The normalized spacial score (nSPS) is 25.6. The average Bonchev–Trinajstić information content (AvgIpc) is 2.55. The molecule has 1 aromatic rings. The van der Waals surface area contributed by atoms with E-state index in [1.165, 1.54) is 12.1 Å². The zero-order chi connectivity index (χ0) is 23.6. The van der Waals surface area contributed by atoms with Crippen LogP contribution in [0.25, 0.3) is 0 Å². The third kappa shape index (κ3) is 3.99. The van der Waals surface area contributed by atoms with Crippen LogP contribution >= 0.6 is 0 Å². The molecule has 0 radical (unpaired) electrons. The van der Waals surface area contributed by atoms with Crippen molar-refractivity contribution < 1.29 is 35.3 Å². The third-order valence-electron chi connectivity index (χ3n) is 6.69. The number of nitrogens with zero attached hydrogens (tertiary/aromatic N) is 1. The Morgan fingerprint density at radius 2 is 1.77 bits per heavy atom. The molecule has 3 rings (SSSR count). The zero-order valence-corrected chi connectivity index (χ0v) is 19.3. The SMILES string of the molecule is CC(C)(C)OC(=O)N1CC[C@@]2(C)c3ccc(OS(=O)(=O)C(F)(F)F)cc3C[C@@H]1C2(C)C. The molecule has 0 aromatic heterocycles. The van der Waals surface area contributed by atoms with Gasteiger partial charge in [-0.05, 0) is 62.3 Å². The van der Waals surface area contributed by atoms with Gasteiger partial charge in [-0.15, -0.1) is 0 Å². The zero-order valence-electron chi connectivity index (χ0n) is 18.5. The summed E-state index contributed by atoms with van der Waals surface area (Å²) in [4.78, 5) is 14.5. The van der Waals surface area contributed by atoms with Crippen LogP contribution in [0.2, 0.25) is 0 Å². The lowest BCUT2D eigenvalue weighted by Crippen LogP contribution is -2.65. The molecule has 1 amide bonds. The van der Waals surface area contributed by atoms with Crippen LogP contribution in [0.3, 0.4) is 0 Å². The maximum atomic E-state index is 12.9. The Morgan fingerprint density at radius 3 is 2.32 bits per heavy atom. The Kier molecular flexibility index (Phi) is 5.36. The van der Waals surface area contributed by atoms with Crippen LogP contribution in [-0.4, -0.2) is 43.1 Å². The van der Waals surface area contributed by atoms with Gasteiger partial charge in [-0.2, -0.15) is 21.6 Å². The summed E-state index contributed by atoms with van der Waals surface area (Å²) >= 11 is 0. The molecule has 1 aromatic carbocycles. The minimum absolute atomic E-state index is 0.275. The molecule has 0 unspecified atom stereocenters. The van der Waals surface area contributed by atoms with E-state index in [0.29, 0.717) is 24.9 Å². The first-order valence-corrected chi connectivity index (χ1v) is 11.4. The predicted octanol–water partition coefficient (Wildman–Crippen LogP) is 4.76. The highest BCUT2D eigenvalue weighted by atomic mass is 32.2. The quantitative estimate of drug-likeness (QED) is 0.467. The molecule has 0 spiro atoms. The van der Waals surface area contributed by atoms with E-state index in [1.54, 1.807) is 31.7 Å². The number of hydrogen-bond acceptors (Lipinski definition) is 5. The molecule has 2 bridgehead atoms. The predicted molar refractivity (Wildman–Crippen MR) is 108 cm³/mol. The number of carbonyl (C=O) groups excluding carboxylic acids is 1. The number of alkyl halides is 3. The van der Waals surface area contributed by atoms with Crippen molar-refractivity contribution in [1.82, 2.24) is 4.90 Å². The molecule has 2 atom stereocenters. The van der Waals surface area contributed by atoms with Crippen LogP contribution in [0, 0.1) is 5.41 Å². The molecule has 0 N–H and O–H groups in total. The van der Waals surface area contributed by atoms with Crippen molar-refractivity contribution in [1.29, 1.82) is 0 Å². The number of ether oxygens (including phenoxy) is 1. The molecule has 31 heavy (non-hydrogen) atoms. The van der Waals surface area contributed by atoms with E-state index < -0.39 is 33.1 Å². The van der Waals surface area contributed by atoms with Gasteiger partial charge in [0.1, 0.15) is 11.4 Å². The lowest BCUT2D eigenvalue weighted by Gasteiger charge is -2.60. The average molecular weight is 464 g/mol. The van der Waals surface area contributed by atoms with E-state index in [1.807, 2.05) is 0 Å². The summed E-state index contributed by atoms with van der Waals surface area (Å²) in [5.41, 5.74) is -5.31. The molecular weight excluding hydrogens is 435 g/mol. The number of piperidine rings is 1. The Hall–Kier alpha value is -1.97. The number of benzene rings is 1. The summed E-state index contributed by atoms with van der Waals surface area (Å²) < 4.78 is 70.8. The molecule has 2 aliphatic rings. The van der Waals surface area contributed by atoms with E-state index in [2.05, 4.69) is 25.0 Å². The highest BCUT2D eigenvalue weighted by Crippen LogP contribution is 2.56. The molecule has 1 saturated heterocycles. The van der Waals surface area contributed by atoms with Gasteiger partial charge in [-0.1, -0.05) is 26.8 Å². The fourth-order valence-electron chi connectivity index (χ4n) is 4.68. The van der Waals surface area contributed by atoms with Crippen LogP contribution in [0.15, 0.2) is 18.2 Å².